The van der Waals surface area contributed by atoms with Gasteiger partial charge in [0.25, 0.3) is 5.91 Å². The van der Waals surface area contributed by atoms with Crippen molar-refractivity contribution in [2.45, 2.75) is 25.8 Å². The van der Waals surface area contributed by atoms with Crippen molar-refractivity contribution in [1.82, 2.24) is 34.9 Å². The highest BCUT2D eigenvalue weighted by molar-refractivity contribution is 5.98. The Hall–Kier alpha value is -4.83. The van der Waals surface area contributed by atoms with Gasteiger partial charge in [-0.25, -0.2) is 0 Å². The number of aryl methyl sites for hydroxylation is 1. The van der Waals surface area contributed by atoms with Crippen LogP contribution >= 0.6 is 0 Å². The number of para-hydroxylation sites is 1. The highest BCUT2D eigenvalue weighted by Gasteiger charge is 2.31. The third-order valence-corrected chi connectivity index (χ3v) is 7.36. The predicted octanol–water partition coefficient (Wildman–Crippen LogP) is 3.84. The van der Waals surface area contributed by atoms with Crippen LogP contribution in [0.25, 0.3) is 11.4 Å². The smallest absolute Gasteiger partial charge is 0.256 e. The van der Waals surface area contributed by atoms with E-state index in [-0.39, 0.29) is 11.9 Å². The van der Waals surface area contributed by atoms with Crippen molar-refractivity contribution in [3.8, 4) is 17.1 Å². The first-order chi connectivity index (χ1) is 20.1. The topological polar surface area (TPSA) is 100 Å². The Balaban J connectivity index is 1.32. The van der Waals surface area contributed by atoms with Crippen molar-refractivity contribution in [2.24, 2.45) is 0 Å². The summed E-state index contributed by atoms with van der Waals surface area (Å²) in [5.41, 5.74) is 6.26. The Labute approximate surface area is 238 Å². The molecule has 10 heteroatoms. The van der Waals surface area contributed by atoms with Crippen LogP contribution in [-0.4, -0.2) is 73.7 Å². The quantitative estimate of drug-likeness (QED) is 0.290. The number of morpholine rings is 1. The van der Waals surface area contributed by atoms with Crippen LogP contribution in [0, 0.1) is 6.92 Å². The van der Waals surface area contributed by atoms with E-state index >= 15 is 0 Å². The van der Waals surface area contributed by atoms with Gasteiger partial charge in [0, 0.05) is 6.54 Å². The molecular formula is C31H31N7O3. The number of rotatable bonds is 8. The van der Waals surface area contributed by atoms with E-state index in [1.807, 2.05) is 60.4 Å². The zero-order valence-corrected chi connectivity index (χ0v) is 23.1. The van der Waals surface area contributed by atoms with Gasteiger partial charge in [-0.05, 0) is 66.3 Å². The second-order valence-electron chi connectivity index (χ2n) is 10.0. The normalized spacial score (nSPS) is 15.2. The van der Waals surface area contributed by atoms with Crippen molar-refractivity contribution >= 4 is 5.91 Å². The summed E-state index contributed by atoms with van der Waals surface area (Å²) >= 11 is 0. The molecule has 41 heavy (non-hydrogen) atoms. The van der Waals surface area contributed by atoms with E-state index in [1.165, 1.54) is 0 Å². The summed E-state index contributed by atoms with van der Waals surface area (Å²) in [7, 11) is 1.67. The Kier molecular flexibility index (Phi) is 7.55. The molecule has 0 bridgehead atoms. The average molecular weight is 550 g/mol. The molecule has 5 aromatic rings. The fraction of sp³-hybridized carbons (Fsp3) is 0.258. The molecule has 0 radical (unpaired) electrons. The molecule has 0 aliphatic carbocycles. The molecule has 0 N–H and O–H groups in total. The maximum Gasteiger partial charge on any atom is 0.256 e. The van der Waals surface area contributed by atoms with Crippen LogP contribution in [0.4, 0.5) is 0 Å². The van der Waals surface area contributed by atoms with E-state index < -0.39 is 0 Å². The molecular weight excluding hydrogens is 518 g/mol. The summed E-state index contributed by atoms with van der Waals surface area (Å²) in [5, 5.41) is 17.3. The lowest BCUT2D eigenvalue weighted by molar-refractivity contribution is -0.00165. The van der Waals surface area contributed by atoms with Gasteiger partial charge in [0.15, 0.2) is 0 Å². The zero-order valence-electron chi connectivity index (χ0n) is 23.1. The van der Waals surface area contributed by atoms with Gasteiger partial charge in [-0.3, -0.25) is 4.79 Å². The molecule has 3 aromatic carbocycles. The summed E-state index contributed by atoms with van der Waals surface area (Å²) in [6.07, 6.45) is 7.78. The largest absolute Gasteiger partial charge is 0.496 e. The van der Waals surface area contributed by atoms with Crippen molar-refractivity contribution in [3.05, 3.63) is 113 Å². The highest BCUT2D eigenvalue weighted by atomic mass is 16.5. The van der Waals surface area contributed by atoms with E-state index in [0.29, 0.717) is 43.9 Å². The third kappa shape index (κ3) is 5.59. The van der Waals surface area contributed by atoms with Crippen LogP contribution in [0.15, 0.2) is 85.5 Å². The summed E-state index contributed by atoms with van der Waals surface area (Å²) in [6.45, 7) is 3.45. The van der Waals surface area contributed by atoms with E-state index in [9.17, 15) is 4.79 Å². The minimum atomic E-state index is -0.138. The summed E-state index contributed by atoms with van der Waals surface area (Å²) in [4.78, 5) is 19.3. The highest BCUT2D eigenvalue weighted by Crippen LogP contribution is 2.27. The number of methoxy groups -OCH3 is 1. The van der Waals surface area contributed by atoms with Gasteiger partial charge >= 0.3 is 0 Å². The van der Waals surface area contributed by atoms with Gasteiger partial charge in [-0.15, -0.1) is 0 Å². The van der Waals surface area contributed by atoms with Crippen LogP contribution in [0.3, 0.4) is 0 Å². The molecule has 1 aliphatic rings. The molecule has 2 aromatic heterocycles. The number of hydrogen-bond acceptors (Lipinski definition) is 7. The molecule has 0 saturated carbocycles. The second-order valence-corrected chi connectivity index (χ2v) is 10.0. The molecule has 0 unspecified atom stereocenters. The van der Waals surface area contributed by atoms with Gasteiger partial charge in [0.2, 0.25) is 0 Å². The molecule has 208 valence electrons. The van der Waals surface area contributed by atoms with E-state index in [1.54, 1.807) is 41.5 Å². The molecule has 1 fully saturated rings. The Bertz CT molecular complexity index is 1630. The monoisotopic (exact) mass is 549 g/mol. The van der Waals surface area contributed by atoms with Crippen LogP contribution in [0.1, 0.15) is 32.6 Å². The number of carbonyl (C=O) groups excluding carboxylic acids is 1. The molecule has 1 saturated heterocycles. The molecule has 1 amide bonds. The Morgan fingerprint density at radius 1 is 0.927 bits per heavy atom. The maximum absolute atomic E-state index is 14.3. The van der Waals surface area contributed by atoms with Crippen molar-refractivity contribution in [1.29, 1.82) is 0 Å². The first-order valence-electron chi connectivity index (χ1n) is 13.6. The number of hydrogen-bond donors (Lipinski definition) is 0. The number of nitrogens with zero attached hydrogens (tertiary/aromatic N) is 7. The molecule has 10 nitrogen and oxygen atoms in total. The molecule has 0 spiro atoms. The molecule has 3 heterocycles. The van der Waals surface area contributed by atoms with Crippen LogP contribution in [0.2, 0.25) is 0 Å². The predicted molar refractivity (Wildman–Crippen MR) is 153 cm³/mol. The number of ether oxygens (including phenoxy) is 2. The summed E-state index contributed by atoms with van der Waals surface area (Å²) in [5.74, 6) is 0.760. The summed E-state index contributed by atoms with van der Waals surface area (Å²) < 4.78 is 11.4. The third-order valence-electron chi connectivity index (χ3n) is 7.36. The van der Waals surface area contributed by atoms with E-state index in [2.05, 4.69) is 32.5 Å². The molecule has 1 atom stereocenters. The number of benzene rings is 3. The minimum absolute atomic E-state index is 0.0705. The lowest BCUT2D eigenvalue weighted by Gasteiger charge is -2.36. The van der Waals surface area contributed by atoms with E-state index in [4.69, 9.17) is 9.47 Å². The van der Waals surface area contributed by atoms with Crippen LogP contribution in [-0.2, 0) is 17.6 Å². The second kappa shape index (κ2) is 11.7. The number of amides is 1. The van der Waals surface area contributed by atoms with Crippen molar-refractivity contribution < 1.29 is 14.3 Å². The first kappa shape index (κ1) is 26.4. The number of aromatic nitrogens is 6. The van der Waals surface area contributed by atoms with Gasteiger partial charge < -0.3 is 14.4 Å². The Morgan fingerprint density at radius 2 is 1.68 bits per heavy atom. The van der Waals surface area contributed by atoms with Crippen LogP contribution < -0.4 is 4.74 Å². The van der Waals surface area contributed by atoms with Gasteiger partial charge in [-0.2, -0.15) is 30.0 Å². The lowest BCUT2D eigenvalue weighted by atomic mass is 9.97. The SMILES string of the molecule is COc1cc(Cc2cccc(C(=O)N3CCOC[C@H]3Cc3cccc(-n4nccn4)c3)c2-n2nccn2)ccc1C. The molecule has 1 aliphatic heterocycles. The maximum atomic E-state index is 14.3. The fourth-order valence-electron chi connectivity index (χ4n) is 5.34. The van der Waals surface area contributed by atoms with Gasteiger partial charge in [0.05, 0.1) is 62.4 Å². The minimum Gasteiger partial charge on any atom is -0.496 e. The van der Waals surface area contributed by atoms with Crippen LogP contribution in [0.5, 0.6) is 5.75 Å². The summed E-state index contributed by atoms with van der Waals surface area (Å²) in [6, 6.07) is 19.9. The lowest BCUT2D eigenvalue weighted by Crippen LogP contribution is -2.50. The Morgan fingerprint density at radius 3 is 2.46 bits per heavy atom. The van der Waals surface area contributed by atoms with Gasteiger partial charge in [-0.1, -0.05) is 36.4 Å². The first-order valence-corrected chi connectivity index (χ1v) is 13.6. The zero-order chi connectivity index (χ0) is 28.2. The fourth-order valence-corrected chi connectivity index (χ4v) is 5.34. The van der Waals surface area contributed by atoms with E-state index in [0.717, 1.165) is 33.7 Å². The van der Waals surface area contributed by atoms with Crippen molar-refractivity contribution in [3.63, 3.8) is 0 Å². The van der Waals surface area contributed by atoms with Gasteiger partial charge in [0.1, 0.15) is 11.4 Å². The molecule has 6 rings (SSSR count). The standard InChI is InChI=1S/C31H31N7O3/c1-22-9-10-24(20-29(22)40-2)17-25-6-4-8-28(30(25)38-34-13-14-35-38)31(39)36-15-16-41-21-27(36)19-23-5-3-7-26(18-23)37-32-11-12-33-37/h3-14,18,20,27H,15-17,19,21H2,1-2H3/t27-/m1/s1. The van der Waals surface area contributed by atoms with Crippen molar-refractivity contribution in [2.75, 3.05) is 26.9 Å². The number of carbonyl (C=O) groups is 1. The average Bonchev–Trinajstić information content (AvgIpc) is 3.74.